The lowest BCUT2D eigenvalue weighted by Crippen LogP contribution is -1.82. The van der Waals surface area contributed by atoms with E-state index in [9.17, 15) is 0 Å². The molecule has 0 unspecified atom stereocenters. The molecule has 1 aromatic heterocycles. The van der Waals surface area contributed by atoms with Gasteiger partial charge in [0.25, 0.3) is 0 Å². The number of hydrogen-bond acceptors (Lipinski definition) is 4. The average Bonchev–Trinajstić information content (AvgIpc) is 2.66. The molecule has 0 N–H and O–H groups in total. The van der Waals surface area contributed by atoms with E-state index in [1.54, 1.807) is 17.8 Å². The number of rotatable bonds is 3. The van der Waals surface area contributed by atoms with Crippen LogP contribution in [0.25, 0.3) is 0 Å². The fourth-order valence-electron chi connectivity index (χ4n) is 1.00. The molecular formula is C9H5Cl3N2S2. The summed E-state index contributed by atoms with van der Waals surface area (Å²) in [5.74, 6) is 0.674. The van der Waals surface area contributed by atoms with Crippen LogP contribution < -0.4 is 0 Å². The normalized spacial score (nSPS) is 10.7. The van der Waals surface area contributed by atoms with Gasteiger partial charge in [-0.25, -0.2) is 0 Å². The molecule has 2 aromatic rings. The minimum atomic E-state index is 0.550. The first-order chi connectivity index (χ1) is 7.66. The van der Waals surface area contributed by atoms with Crippen molar-refractivity contribution in [2.24, 2.45) is 0 Å². The Morgan fingerprint density at radius 2 is 2.00 bits per heavy atom. The van der Waals surface area contributed by atoms with Gasteiger partial charge >= 0.3 is 0 Å². The summed E-state index contributed by atoms with van der Waals surface area (Å²) in [6.45, 7) is 0. The average molecular weight is 312 g/mol. The second-order valence-electron chi connectivity index (χ2n) is 2.86. The Hall–Kier alpha value is -0.000000000000000111. The number of halogens is 3. The van der Waals surface area contributed by atoms with Crippen molar-refractivity contribution in [1.82, 2.24) is 9.59 Å². The third kappa shape index (κ3) is 3.02. The van der Waals surface area contributed by atoms with E-state index in [1.807, 2.05) is 12.1 Å². The van der Waals surface area contributed by atoms with E-state index < -0.39 is 0 Å². The summed E-state index contributed by atoms with van der Waals surface area (Å²) in [6.07, 6.45) is 0. The third-order valence-electron chi connectivity index (χ3n) is 1.78. The van der Waals surface area contributed by atoms with E-state index in [-0.39, 0.29) is 0 Å². The van der Waals surface area contributed by atoms with E-state index in [0.717, 1.165) is 10.6 Å². The van der Waals surface area contributed by atoms with Crippen molar-refractivity contribution in [2.75, 3.05) is 0 Å². The van der Waals surface area contributed by atoms with Crippen molar-refractivity contribution in [3.63, 3.8) is 0 Å². The maximum atomic E-state index is 5.91. The van der Waals surface area contributed by atoms with Crippen LogP contribution in [0.5, 0.6) is 0 Å². The highest BCUT2D eigenvalue weighted by Gasteiger charge is 2.06. The highest BCUT2D eigenvalue weighted by atomic mass is 35.5. The van der Waals surface area contributed by atoms with Gasteiger partial charge in [0.05, 0.1) is 10.0 Å². The van der Waals surface area contributed by atoms with Gasteiger partial charge in [-0.2, -0.15) is 0 Å². The summed E-state index contributed by atoms with van der Waals surface area (Å²) in [5.41, 5.74) is 0.794. The Kier molecular flexibility index (Phi) is 4.33. The molecule has 0 radical (unpaired) electrons. The van der Waals surface area contributed by atoms with Crippen LogP contribution in [-0.2, 0) is 5.75 Å². The zero-order valence-electron chi connectivity index (χ0n) is 7.78. The van der Waals surface area contributed by atoms with E-state index in [2.05, 4.69) is 9.59 Å². The molecule has 2 nitrogen and oxygen atoms in total. The molecule has 1 aromatic carbocycles. The molecule has 2 rings (SSSR count). The molecule has 0 aliphatic carbocycles. The Labute approximate surface area is 116 Å². The van der Waals surface area contributed by atoms with Crippen LogP contribution in [0.15, 0.2) is 23.1 Å². The first-order valence-corrected chi connectivity index (χ1v) is 7.10. The van der Waals surface area contributed by atoms with E-state index in [1.165, 1.54) is 11.5 Å². The van der Waals surface area contributed by atoms with Gasteiger partial charge in [0, 0.05) is 22.2 Å². The second-order valence-corrected chi connectivity index (χ2v) is 6.08. The second kappa shape index (κ2) is 5.56. The van der Waals surface area contributed by atoms with E-state index in [0.29, 0.717) is 20.1 Å². The summed E-state index contributed by atoms with van der Waals surface area (Å²) < 4.78 is 4.40. The van der Waals surface area contributed by atoms with E-state index in [4.69, 9.17) is 34.8 Å². The largest absolute Gasteiger partial charge is 0.141 e. The standard InChI is InChI=1S/C9H5Cl3N2S2/c10-6-2-1-5(3-7(6)11)15-4-8-9(12)16-14-13-8/h1-3H,4H2. The van der Waals surface area contributed by atoms with Crippen molar-refractivity contribution >= 4 is 58.1 Å². The Morgan fingerprint density at radius 3 is 2.62 bits per heavy atom. The van der Waals surface area contributed by atoms with E-state index >= 15 is 0 Å². The SMILES string of the molecule is Clc1ccc(SCc2nnsc2Cl)cc1Cl. The minimum absolute atomic E-state index is 0.550. The van der Waals surface area contributed by atoms with Crippen LogP contribution in [-0.4, -0.2) is 9.59 Å². The van der Waals surface area contributed by atoms with Gasteiger partial charge in [0.1, 0.15) is 10.0 Å². The van der Waals surface area contributed by atoms with Gasteiger partial charge < -0.3 is 0 Å². The molecule has 0 fully saturated rings. The lowest BCUT2D eigenvalue weighted by Gasteiger charge is -2.01. The van der Waals surface area contributed by atoms with Crippen LogP contribution in [0.4, 0.5) is 0 Å². The molecular weight excluding hydrogens is 307 g/mol. The molecule has 0 amide bonds. The molecule has 0 saturated heterocycles. The first-order valence-electron chi connectivity index (χ1n) is 4.21. The maximum Gasteiger partial charge on any atom is 0.138 e. The fourth-order valence-corrected chi connectivity index (χ4v) is 3.03. The van der Waals surface area contributed by atoms with Crippen molar-refractivity contribution in [3.8, 4) is 0 Å². The summed E-state index contributed by atoms with van der Waals surface area (Å²) in [6, 6.07) is 5.50. The Balaban J connectivity index is 2.05. The Bertz CT molecular complexity index is 501. The highest BCUT2D eigenvalue weighted by Crippen LogP contribution is 2.31. The van der Waals surface area contributed by atoms with Crippen molar-refractivity contribution < 1.29 is 0 Å². The van der Waals surface area contributed by atoms with Crippen LogP contribution in [0.2, 0.25) is 14.4 Å². The third-order valence-corrected chi connectivity index (χ3v) is 4.50. The number of benzene rings is 1. The van der Waals surface area contributed by atoms with Gasteiger partial charge in [0.2, 0.25) is 0 Å². The molecule has 84 valence electrons. The van der Waals surface area contributed by atoms with Crippen molar-refractivity contribution in [2.45, 2.75) is 10.6 Å². The minimum Gasteiger partial charge on any atom is -0.141 e. The molecule has 0 spiro atoms. The predicted molar refractivity (Wildman–Crippen MR) is 70.9 cm³/mol. The van der Waals surface area contributed by atoms with Gasteiger partial charge in [0.15, 0.2) is 0 Å². The van der Waals surface area contributed by atoms with Crippen LogP contribution in [0.3, 0.4) is 0 Å². The van der Waals surface area contributed by atoms with Gasteiger partial charge in [-0.05, 0) is 18.2 Å². The monoisotopic (exact) mass is 310 g/mol. The first kappa shape index (κ1) is 12.5. The summed E-state index contributed by atoms with van der Waals surface area (Å²) in [5, 5.41) is 5.03. The van der Waals surface area contributed by atoms with Crippen LogP contribution in [0, 0.1) is 0 Å². The molecule has 16 heavy (non-hydrogen) atoms. The van der Waals surface area contributed by atoms with Gasteiger partial charge in [-0.1, -0.05) is 39.3 Å². The molecule has 0 bridgehead atoms. The van der Waals surface area contributed by atoms with Gasteiger partial charge in [-0.3, -0.25) is 0 Å². The molecule has 7 heteroatoms. The quantitative estimate of drug-likeness (QED) is 0.762. The van der Waals surface area contributed by atoms with Crippen molar-refractivity contribution in [3.05, 3.63) is 38.3 Å². The molecule has 0 atom stereocenters. The summed E-state index contributed by atoms with van der Waals surface area (Å²) in [4.78, 5) is 1.03. The Morgan fingerprint density at radius 1 is 1.19 bits per heavy atom. The number of thioether (sulfide) groups is 1. The molecule has 0 saturated carbocycles. The number of nitrogens with zero attached hydrogens (tertiary/aromatic N) is 2. The number of aromatic nitrogens is 2. The highest BCUT2D eigenvalue weighted by molar-refractivity contribution is 7.98. The fraction of sp³-hybridized carbons (Fsp3) is 0.111. The van der Waals surface area contributed by atoms with Crippen molar-refractivity contribution in [1.29, 1.82) is 0 Å². The molecule has 1 heterocycles. The lowest BCUT2D eigenvalue weighted by atomic mass is 10.4. The smallest absolute Gasteiger partial charge is 0.138 e. The molecule has 0 aliphatic rings. The predicted octanol–water partition coefficient (Wildman–Crippen LogP) is 4.79. The zero-order valence-corrected chi connectivity index (χ0v) is 11.7. The van der Waals surface area contributed by atoms with Crippen LogP contribution >= 0.6 is 58.1 Å². The summed E-state index contributed by atoms with van der Waals surface area (Å²) >= 11 is 20.4. The topological polar surface area (TPSA) is 25.8 Å². The zero-order chi connectivity index (χ0) is 11.5. The number of hydrogen-bond donors (Lipinski definition) is 0. The summed E-state index contributed by atoms with van der Waals surface area (Å²) in [7, 11) is 0. The molecule has 0 aliphatic heterocycles. The lowest BCUT2D eigenvalue weighted by molar-refractivity contribution is 1.07. The maximum absolute atomic E-state index is 5.91. The van der Waals surface area contributed by atoms with Gasteiger partial charge in [-0.15, -0.1) is 16.9 Å². The van der Waals surface area contributed by atoms with Crippen LogP contribution in [0.1, 0.15) is 5.69 Å².